The summed E-state index contributed by atoms with van der Waals surface area (Å²) in [6.07, 6.45) is 3.10. The number of aromatic nitrogens is 1. The first-order valence-corrected chi connectivity index (χ1v) is 7.54. The van der Waals surface area contributed by atoms with Gasteiger partial charge in [-0.25, -0.2) is 0 Å². The van der Waals surface area contributed by atoms with Crippen molar-refractivity contribution in [2.45, 2.75) is 45.6 Å². The fourth-order valence-electron chi connectivity index (χ4n) is 2.63. The molecular formula is C15H26N4O2. The minimum Gasteiger partial charge on any atom is -0.373 e. The summed E-state index contributed by atoms with van der Waals surface area (Å²) in [4.78, 5) is 4.24. The van der Waals surface area contributed by atoms with E-state index in [0.29, 0.717) is 0 Å². The quantitative estimate of drug-likeness (QED) is 0.637. The Kier molecular flexibility index (Phi) is 5.22. The lowest BCUT2D eigenvalue weighted by Gasteiger charge is -2.24. The highest BCUT2D eigenvalue weighted by atomic mass is 16.5. The summed E-state index contributed by atoms with van der Waals surface area (Å²) in [5, 5.41) is 10.6. The number of aryl methyl sites for hydroxylation is 2. The SMILES string of the molecule is CN=C(NCCc1c(C)noc1C)NCC1(C)CCCO1. The van der Waals surface area contributed by atoms with Crippen LogP contribution in [0.1, 0.15) is 36.8 Å². The minimum absolute atomic E-state index is 0.0702. The van der Waals surface area contributed by atoms with E-state index < -0.39 is 0 Å². The lowest BCUT2D eigenvalue weighted by molar-refractivity contribution is 0.0243. The van der Waals surface area contributed by atoms with E-state index in [4.69, 9.17) is 9.26 Å². The normalized spacial score (nSPS) is 22.6. The molecule has 1 unspecified atom stereocenters. The highest BCUT2D eigenvalue weighted by molar-refractivity contribution is 5.79. The van der Waals surface area contributed by atoms with E-state index in [2.05, 4.69) is 27.7 Å². The molecule has 1 fully saturated rings. The monoisotopic (exact) mass is 294 g/mol. The first-order valence-electron chi connectivity index (χ1n) is 7.54. The number of ether oxygens (including phenoxy) is 1. The average molecular weight is 294 g/mol. The van der Waals surface area contributed by atoms with E-state index in [1.807, 2.05) is 13.8 Å². The van der Waals surface area contributed by atoms with Crippen molar-refractivity contribution in [1.82, 2.24) is 15.8 Å². The molecule has 0 spiro atoms. The zero-order chi connectivity index (χ0) is 15.3. The van der Waals surface area contributed by atoms with Crippen LogP contribution in [0.5, 0.6) is 0 Å². The molecule has 6 nitrogen and oxygen atoms in total. The molecule has 1 aromatic rings. The maximum absolute atomic E-state index is 5.76. The lowest BCUT2D eigenvalue weighted by Crippen LogP contribution is -2.46. The molecule has 0 amide bonds. The molecule has 1 aliphatic rings. The molecule has 1 aromatic heterocycles. The van der Waals surface area contributed by atoms with Gasteiger partial charge in [0.05, 0.1) is 11.3 Å². The van der Waals surface area contributed by atoms with Gasteiger partial charge >= 0.3 is 0 Å². The van der Waals surface area contributed by atoms with Gasteiger partial charge in [0.2, 0.25) is 0 Å². The number of guanidine groups is 1. The van der Waals surface area contributed by atoms with Crippen molar-refractivity contribution in [3.05, 3.63) is 17.0 Å². The number of hydrogen-bond acceptors (Lipinski definition) is 4. The molecule has 2 N–H and O–H groups in total. The molecule has 1 saturated heterocycles. The maximum Gasteiger partial charge on any atom is 0.191 e. The fourth-order valence-corrected chi connectivity index (χ4v) is 2.63. The number of aliphatic imine (C=N–C) groups is 1. The van der Waals surface area contributed by atoms with E-state index in [0.717, 1.165) is 56.4 Å². The lowest BCUT2D eigenvalue weighted by atomic mass is 10.0. The Hall–Kier alpha value is -1.56. The summed E-state index contributed by atoms with van der Waals surface area (Å²) in [6, 6.07) is 0. The minimum atomic E-state index is -0.0702. The molecule has 6 heteroatoms. The molecule has 0 aromatic carbocycles. The smallest absolute Gasteiger partial charge is 0.191 e. The van der Waals surface area contributed by atoms with Gasteiger partial charge in [0.15, 0.2) is 5.96 Å². The van der Waals surface area contributed by atoms with Crippen molar-refractivity contribution < 1.29 is 9.26 Å². The zero-order valence-electron chi connectivity index (χ0n) is 13.5. The third kappa shape index (κ3) is 4.20. The van der Waals surface area contributed by atoms with Gasteiger partial charge in [-0.3, -0.25) is 4.99 Å². The molecule has 2 rings (SSSR count). The molecule has 2 heterocycles. The number of rotatable bonds is 5. The van der Waals surface area contributed by atoms with Gasteiger partial charge < -0.3 is 19.9 Å². The van der Waals surface area contributed by atoms with Gasteiger partial charge in [-0.2, -0.15) is 0 Å². The Morgan fingerprint density at radius 1 is 1.38 bits per heavy atom. The Labute approximate surface area is 126 Å². The van der Waals surface area contributed by atoms with Crippen molar-refractivity contribution in [2.24, 2.45) is 4.99 Å². The van der Waals surface area contributed by atoms with Crippen LogP contribution >= 0.6 is 0 Å². The fraction of sp³-hybridized carbons (Fsp3) is 0.733. The Morgan fingerprint density at radius 3 is 2.76 bits per heavy atom. The number of hydrogen-bond donors (Lipinski definition) is 2. The summed E-state index contributed by atoms with van der Waals surface area (Å²) in [7, 11) is 1.78. The van der Waals surface area contributed by atoms with Crippen LogP contribution in [0.2, 0.25) is 0 Å². The maximum atomic E-state index is 5.76. The Bertz CT molecular complexity index is 470. The van der Waals surface area contributed by atoms with E-state index in [-0.39, 0.29) is 5.60 Å². The molecule has 1 atom stereocenters. The van der Waals surface area contributed by atoms with Crippen molar-refractivity contribution in [3.63, 3.8) is 0 Å². The van der Waals surface area contributed by atoms with Crippen LogP contribution in [0, 0.1) is 13.8 Å². The van der Waals surface area contributed by atoms with Crippen molar-refractivity contribution >= 4 is 5.96 Å². The second-order valence-electron chi connectivity index (χ2n) is 5.81. The number of nitrogens with one attached hydrogen (secondary N) is 2. The Balaban J connectivity index is 1.75. The van der Waals surface area contributed by atoms with Crippen LogP contribution in [-0.4, -0.2) is 43.5 Å². The van der Waals surface area contributed by atoms with Gasteiger partial charge in [0.25, 0.3) is 0 Å². The molecule has 0 aliphatic carbocycles. The third-order valence-electron chi connectivity index (χ3n) is 4.00. The van der Waals surface area contributed by atoms with E-state index in [9.17, 15) is 0 Å². The molecule has 0 bridgehead atoms. The van der Waals surface area contributed by atoms with Crippen LogP contribution in [0.15, 0.2) is 9.52 Å². The highest BCUT2D eigenvalue weighted by Gasteiger charge is 2.29. The van der Waals surface area contributed by atoms with Crippen molar-refractivity contribution in [3.8, 4) is 0 Å². The van der Waals surface area contributed by atoms with Gasteiger partial charge in [0.1, 0.15) is 5.76 Å². The molecule has 21 heavy (non-hydrogen) atoms. The summed E-state index contributed by atoms with van der Waals surface area (Å²) >= 11 is 0. The van der Waals surface area contributed by atoms with E-state index in [1.165, 1.54) is 5.56 Å². The Morgan fingerprint density at radius 2 is 2.19 bits per heavy atom. The standard InChI is InChI=1S/C15H26N4O2/c1-11-13(12(2)21-19-11)6-8-17-14(16-4)18-10-15(3)7-5-9-20-15/h5-10H2,1-4H3,(H2,16,17,18). The van der Waals surface area contributed by atoms with Gasteiger partial charge in [-0.05, 0) is 40.0 Å². The molecule has 0 radical (unpaired) electrons. The van der Waals surface area contributed by atoms with Crippen LogP contribution in [0.4, 0.5) is 0 Å². The molecule has 1 aliphatic heterocycles. The molecular weight excluding hydrogens is 268 g/mol. The topological polar surface area (TPSA) is 71.7 Å². The molecule has 118 valence electrons. The first kappa shape index (κ1) is 15.8. The third-order valence-corrected chi connectivity index (χ3v) is 4.00. The predicted octanol–water partition coefficient (Wildman–Crippen LogP) is 1.57. The van der Waals surface area contributed by atoms with Crippen LogP contribution in [0.3, 0.4) is 0 Å². The second-order valence-corrected chi connectivity index (χ2v) is 5.81. The van der Waals surface area contributed by atoms with Crippen LogP contribution in [0.25, 0.3) is 0 Å². The summed E-state index contributed by atoms with van der Waals surface area (Å²) in [6.45, 7) is 8.48. The van der Waals surface area contributed by atoms with Gasteiger partial charge in [-0.15, -0.1) is 0 Å². The van der Waals surface area contributed by atoms with Crippen molar-refractivity contribution in [1.29, 1.82) is 0 Å². The zero-order valence-corrected chi connectivity index (χ0v) is 13.5. The van der Waals surface area contributed by atoms with Crippen LogP contribution < -0.4 is 10.6 Å². The largest absolute Gasteiger partial charge is 0.373 e. The predicted molar refractivity (Wildman–Crippen MR) is 82.6 cm³/mol. The summed E-state index contributed by atoms with van der Waals surface area (Å²) in [5.74, 6) is 1.70. The number of nitrogens with zero attached hydrogens (tertiary/aromatic N) is 2. The van der Waals surface area contributed by atoms with E-state index in [1.54, 1.807) is 7.05 Å². The van der Waals surface area contributed by atoms with Crippen molar-refractivity contribution in [2.75, 3.05) is 26.7 Å². The summed E-state index contributed by atoms with van der Waals surface area (Å²) in [5.41, 5.74) is 2.06. The second kappa shape index (κ2) is 6.93. The molecule has 0 saturated carbocycles. The first-order chi connectivity index (χ1) is 10.0. The van der Waals surface area contributed by atoms with Gasteiger partial charge in [-0.1, -0.05) is 5.16 Å². The highest BCUT2D eigenvalue weighted by Crippen LogP contribution is 2.23. The van der Waals surface area contributed by atoms with Gasteiger partial charge in [0, 0.05) is 32.3 Å². The van der Waals surface area contributed by atoms with E-state index >= 15 is 0 Å². The summed E-state index contributed by atoms with van der Waals surface area (Å²) < 4.78 is 10.9. The average Bonchev–Trinajstić information content (AvgIpc) is 3.03. The van der Waals surface area contributed by atoms with Crippen LogP contribution in [-0.2, 0) is 11.2 Å².